The smallest absolute Gasteiger partial charge is 0.205 e. The Hall–Kier alpha value is -1.78. The molecule has 0 saturated heterocycles. The highest BCUT2D eigenvalue weighted by Crippen LogP contribution is 2.10. The van der Waals surface area contributed by atoms with Gasteiger partial charge in [0.25, 0.3) is 0 Å². The van der Waals surface area contributed by atoms with Crippen LogP contribution in [0.15, 0.2) is 6.20 Å². The Morgan fingerprint density at radius 3 is 2.50 bits per heavy atom. The van der Waals surface area contributed by atoms with Crippen LogP contribution < -0.4 is 0 Å². The van der Waals surface area contributed by atoms with Crippen molar-refractivity contribution in [1.29, 1.82) is 0 Å². The largest absolute Gasteiger partial charge is 0.294 e. The van der Waals surface area contributed by atoms with Gasteiger partial charge in [-0.25, -0.2) is 0 Å². The van der Waals surface area contributed by atoms with Gasteiger partial charge in [0.15, 0.2) is 11.6 Å². The molecule has 5 heteroatoms. The molecule has 0 amide bonds. The van der Waals surface area contributed by atoms with E-state index in [2.05, 4.69) is 5.10 Å². The first-order chi connectivity index (χ1) is 7.45. The Morgan fingerprint density at radius 1 is 1.38 bits per heavy atom. The van der Waals surface area contributed by atoms with Crippen molar-refractivity contribution >= 4 is 17.3 Å². The van der Waals surface area contributed by atoms with E-state index in [-0.39, 0.29) is 12.2 Å². The van der Waals surface area contributed by atoms with Crippen LogP contribution in [0.5, 0.6) is 0 Å². The highest BCUT2D eigenvalue weighted by atomic mass is 16.2. The van der Waals surface area contributed by atoms with Crippen molar-refractivity contribution in [3.05, 3.63) is 17.5 Å². The summed E-state index contributed by atoms with van der Waals surface area (Å²) in [6.07, 6.45) is 1.83. The number of carbonyl (C=O) groups excluding carboxylic acids is 3. The van der Waals surface area contributed by atoms with E-state index in [1.165, 1.54) is 11.6 Å². The van der Waals surface area contributed by atoms with Crippen LogP contribution in [0.1, 0.15) is 36.3 Å². The summed E-state index contributed by atoms with van der Waals surface area (Å²) in [4.78, 5) is 33.6. The van der Waals surface area contributed by atoms with Gasteiger partial charge >= 0.3 is 0 Å². The second-order valence-corrected chi connectivity index (χ2v) is 3.60. The number of Topliss-reactive ketones (excluding diaryl/α,β-unsaturated/α-hetero) is 3. The quantitative estimate of drug-likeness (QED) is 0.418. The number of aryl methyl sites for hydroxylation is 2. The summed E-state index contributed by atoms with van der Waals surface area (Å²) in [5, 5.41) is 4.10. The molecule has 1 rings (SSSR count). The van der Waals surface area contributed by atoms with Crippen molar-refractivity contribution in [1.82, 2.24) is 9.78 Å². The minimum absolute atomic E-state index is 0.342. The lowest BCUT2D eigenvalue weighted by molar-refractivity contribution is -0.134. The lowest BCUT2D eigenvalue weighted by atomic mass is 10.0. The van der Waals surface area contributed by atoms with Crippen LogP contribution >= 0.6 is 0 Å². The summed E-state index contributed by atoms with van der Waals surface area (Å²) in [5.74, 6) is -1.59. The fourth-order valence-corrected chi connectivity index (χ4v) is 1.39. The molecule has 0 N–H and O–H groups in total. The maximum absolute atomic E-state index is 11.7. The van der Waals surface area contributed by atoms with E-state index in [0.717, 1.165) is 0 Å². The summed E-state index contributed by atoms with van der Waals surface area (Å²) >= 11 is 0. The average molecular weight is 222 g/mol. The van der Waals surface area contributed by atoms with E-state index in [4.69, 9.17) is 0 Å². The molecule has 5 nitrogen and oxygen atoms in total. The number of rotatable bonds is 5. The molecule has 0 unspecified atom stereocenters. The normalized spacial score (nSPS) is 10.2. The topological polar surface area (TPSA) is 69.0 Å². The molecule has 0 aromatic carbocycles. The highest BCUT2D eigenvalue weighted by Gasteiger charge is 2.19. The molecule has 0 atom stereocenters. The number of carbonyl (C=O) groups is 3. The van der Waals surface area contributed by atoms with Crippen molar-refractivity contribution in [3.63, 3.8) is 0 Å². The van der Waals surface area contributed by atoms with Crippen molar-refractivity contribution in [3.8, 4) is 0 Å². The molecule has 1 heterocycles. The third-order valence-electron chi connectivity index (χ3n) is 2.25. The Kier molecular flexibility index (Phi) is 3.71. The van der Waals surface area contributed by atoms with Crippen LogP contribution in [0, 0.1) is 0 Å². The van der Waals surface area contributed by atoms with Gasteiger partial charge in [0.05, 0.1) is 17.7 Å². The van der Waals surface area contributed by atoms with Gasteiger partial charge in [-0.3, -0.25) is 19.1 Å². The molecule has 0 spiro atoms. The molecule has 0 aliphatic carbocycles. The zero-order valence-electron chi connectivity index (χ0n) is 9.61. The molecule has 0 aliphatic heterocycles. The van der Waals surface area contributed by atoms with Crippen molar-refractivity contribution in [2.75, 3.05) is 0 Å². The number of hydrogen-bond acceptors (Lipinski definition) is 4. The monoisotopic (exact) mass is 222 g/mol. The van der Waals surface area contributed by atoms with Crippen molar-refractivity contribution in [2.24, 2.45) is 7.05 Å². The second kappa shape index (κ2) is 4.83. The molecule has 0 aliphatic rings. The second-order valence-electron chi connectivity index (χ2n) is 3.60. The van der Waals surface area contributed by atoms with E-state index in [9.17, 15) is 14.4 Å². The molecule has 0 radical (unpaired) electrons. The minimum Gasteiger partial charge on any atom is -0.294 e. The fourth-order valence-electron chi connectivity index (χ4n) is 1.39. The molecule has 1 aromatic rings. The lowest BCUT2D eigenvalue weighted by Crippen LogP contribution is -2.15. The van der Waals surface area contributed by atoms with Crippen LogP contribution in [0.4, 0.5) is 0 Å². The third-order valence-corrected chi connectivity index (χ3v) is 2.25. The number of aromatic nitrogens is 2. The molecule has 0 saturated carbocycles. The summed E-state index contributed by atoms with van der Waals surface area (Å²) in [7, 11) is 1.71. The zero-order chi connectivity index (χ0) is 12.3. The number of ketones is 3. The van der Waals surface area contributed by atoms with Crippen molar-refractivity contribution in [2.45, 2.75) is 26.7 Å². The summed E-state index contributed by atoms with van der Waals surface area (Å²) in [6.45, 7) is 3.05. The molecule has 86 valence electrons. The van der Waals surface area contributed by atoms with E-state index >= 15 is 0 Å². The molecular weight excluding hydrogens is 208 g/mol. The SMILES string of the molecule is CCc1nn(C)cc1C(=O)CC(=O)C(C)=O. The van der Waals surface area contributed by atoms with Crippen LogP contribution in [0.2, 0.25) is 0 Å². The maximum Gasteiger partial charge on any atom is 0.205 e. The summed E-state index contributed by atoms with van der Waals surface area (Å²) < 4.78 is 1.53. The minimum atomic E-state index is -0.657. The van der Waals surface area contributed by atoms with Gasteiger partial charge in [0.1, 0.15) is 0 Å². The van der Waals surface area contributed by atoms with Gasteiger partial charge in [-0.1, -0.05) is 6.92 Å². The molecule has 0 fully saturated rings. The van der Waals surface area contributed by atoms with Crippen LogP contribution in [-0.4, -0.2) is 27.1 Å². The van der Waals surface area contributed by atoms with Gasteiger partial charge in [-0.15, -0.1) is 0 Å². The Balaban J connectivity index is 2.88. The molecular formula is C11H14N2O3. The maximum atomic E-state index is 11.7. The van der Waals surface area contributed by atoms with Gasteiger partial charge in [-0.2, -0.15) is 5.10 Å². The van der Waals surface area contributed by atoms with Gasteiger partial charge in [-0.05, 0) is 6.42 Å². The zero-order valence-corrected chi connectivity index (χ0v) is 9.61. The number of hydrogen-bond donors (Lipinski definition) is 0. The standard InChI is InChI=1S/C11H14N2O3/c1-4-9-8(6-13(3)12-9)11(16)5-10(15)7(2)14/h6H,4-5H2,1-3H3. The first-order valence-electron chi connectivity index (χ1n) is 5.05. The van der Waals surface area contributed by atoms with E-state index in [0.29, 0.717) is 17.7 Å². The molecule has 0 bridgehead atoms. The van der Waals surface area contributed by atoms with Gasteiger partial charge < -0.3 is 0 Å². The predicted octanol–water partition coefficient (Wildman–Crippen LogP) is 0.713. The first kappa shape index (κ1) is 12.3. The van der Waals surface area contributed by atoms with Crippen LogP contribution in [0.25, 0.3) is 0 Å². The fraction of sp³-hybridized carbons (Fsp3) is 0.455. The highest BCUT2D eigenvalue weighted by molar-refractivity contribution is 6.40. The van der Waals surface area contributed by atoms with Crippen molar-refractivity contribution < 1.29 is 14.4 Å². The Morgan fingerprint density at radius 2 is 2.00 bits per heavy atom. The van der Waals surface area contributed by atoms with Crippen LogP contribution in [0.3, 0.4) is 0 Å². The number of nitrogens with zero attached hydrogens (tertiary/aromatic N) is 2. The average Bonchev–Trinajstić information content (AvgIpc) is 2.59. The lowest BCUT2D eigenvalue weighted by Gasteiger charge is -1.97. The van der Waals surface area contributed by atoms with Gasteiger partial charge in [0.2, 0.25) is 5.78 Å². The molecule has 1 aromatic heterocycles. The van der Waals surface area contributed by atoms with E-state index in [1.54, 1.807) is 13.2 Å². The Bertz CT molecular complexity index is 446. The Labute approximate surface area is 93.4 Å². The predicted molar refractivity (Wildman–Crippen MR) is 57.2 cm³/mol. The van der Waals surface area contributed by atoms with E-state index < -0.39 is 11.6 Å². The van der Waals surface area contributed by atoms with Gasteiger partial charge in [0, 0.05) is 20.2 Å². The van der Waals surface area contributed by atoms with E-state index in [1.807, 2.05) is 6.92 Å². The summed E-state index contributed by atoms with van der Waals surface area (Å²) in [6, 6.07) is 0. The first-order valence-corrected chi connectivity index (χ1v) is 5.05. The third kappa shape index (κ3) is 2.62. The van der Waals surface area contributed by atoms with Crippen LogP contribution in [-0.2, 0) is 23.1 Å². The molecule has 16 heavy (non-hydrogen) atoms. The summed E-state index contributed by atoms with van der Waals surface area (Å²) in [5.41, 5.74) is 1.09.